The lowest BCUT2D eigenvalue weighted by Gasteiger charge is -2.26. The molecule has 0 radical (unpaired) electrons. The van der Waals surface area contributed by atoms with Gasteiger partial charge in [0.25, 0.3) is 0 Å². The van der Waals surface area contributed by atoms with E-state index in [1.165, 1.54) is 0 Å². The first-order valence-electron chi connectivity index (χ1n) is 9.86. The minimum absolute atomic E-state index is 0.0194. The van der Waals surface area contributed by atoms with E-state index in [0.717, 1.165) is 16.9 Å². The molecule has 2 amide bonds. The van der Waals surface area contributed by atoms with Gasteiger partial charge in [-0.05, 0) is 58.1 Å². The molecule has 3 atom stereocenters. The molecule has 1 aliphatic heterocycles. The van der Waals surface area contributed by atoms with Crippen molar-refractivity contribution in [3.05, 3.63) is 35.9 Å². The van der Waals surface area contributed by atoms with Gasteiger partial charge in [-0.15, -0.1) is 0 Å². The molecule has 0 bridgehead atoms. The van der Waals surface area contributed by atoms with Crippen molar-refractivity contribution in [2.75, 3.05) is 13.1 Å². The molecule has 7 nitrogen and oxygen atoms in total. The monoisotopic (exact) mass is 384 g/mol. The van der Waals surface area contributed by atoms with Gasteiger partial charge in [0.15, 0.2) is 0 Å². The Hall–Kier alpha value is -2.57. The zero-order valence-electron chi connectivity index (χ0n) is 17.1. The summed E-state index contributed by atoms with van der Waals surface area (Å²) < 4.78 is 7.45. The van der Waals surface area contributed by atoms with Crippen LogP contribution in [0.4, 0.5) is 4.79 Å². The number of carbonyl (C=O) groups is 2. The largest absolute Gasteiger partial charge is 0.444 e. The summed E-state index contributed by atoms with van der Waals surface area (Å²) in [4.78, 5) is 31.2. The molecule has 2 fully saturated rings. The molecule has 28 heavy (non-hydrogen) atoms. The van der Waals surface area contributed by atoms with Crippen LogP contribution < -0.4 is 5.32 Å². The van der Waals surface area contributed by atoms with E-state index in [1.807, 2.05) is 63.5 Å². The number of likely N-dealkylation sites (tertiary alicyclic amines) is 1. The van der Waals surface area contributed by atoms with E-state index < -0.39 is 5.60 Å². The Labute approximate surface area is 165 Å². The first-order valence-corrected chi connectivity index (χ1v) is 9.86. The number of piperidine rings is 1. The van der Waals surface area contributed by atoms with Crippen LogP contribution in [-0.2, 0) is 9.53 Å². The standard InChI is InChI=1S/C21H28N4O3/c1-12-7-6-8-25-16(12)9-22-18(25)13(2)23-19(26)17-14-10-24(11-15(14)17)20(27)28-21(3,4)5/h6-9,13-15,17H,10-11H2,1-5H3,(H,23,26)/t13-,14?,15?,17?/m0/s1. The molecule has 4 rings (SSSR count). The Kier molecular flexibility index (Phi) is 4.36. The van der Waals surface area contributed by atoms with E-state index in [-0.39, 0.29) is 35.8 Å². The van der Waals surface area contributed by atoms with Gasteiger partial charge >= 0.3 is 6.09 Å². The third kappa shape index (κ3) is 3.34. The summed E-state index contributed by atoms with van der Waals surface area (Å²) in [5.74, 6) is 1.33. The Morgan fingerprint density at radius 2 is 1.96 bits per heavy atom. The van der Waals surface area contributed by atoms with E-state index in [4.69, 9.17) is 4.74 Å². The predicted molar refractivity (Wildman–Crippen MR) is 105 cm³/mol. The van der Waals surface area contributed by atoms with Crippen LogP contribution in [0, 0.1) is 24.7 Å². The molecular formula is C21H28N4O3. The first-order chi connectivity index (χ1) is 13.2. The molecule has 0 spiro atoms. The third-order valence-electron chi connectivity index (χ3n) is 5.71. The van der Waals surface area contributed by atoms with E-state index in [0.29, 0.717) is 13.1 Å². The Balaban J connectivity index is 1.35. The summed E-state index contributed by atoms with van der Waals surface area (Å²) in [7, 11) is 0. The number of hydrogen-bond donors (Lipinski definition) is 1. The number of nitrogens with zero attached hydrogens (tertiary/aromatic N) is 3. The second kappa shape index (κ2) is 6.50. The summed E-state index contributed by atoms with van der Waals surface area (Å²) in [5, 5.41) is 3.11. The van der Waals surface area contributed by atoms with E-state index in [2.05, 4.69) is 10.3 Å². The summed E-state index contributed by atoms with van der Waals surface area (Å²) in [6, 6.07) is 3.85. The van der Waals surface area contributed by atoms with Crippen LogP contribution in [-0.4, -0.2) is 45.0 Å². The van der Waals surface area contributed by atoms with Gasteiger partial charge in [-0.25, -0.2) is 9.78 Å². The molecule has 2 aromatic heterocycles. The van der Waals surface area contributed by atoms with Gasteiger partial charge in [-0.3, -0.25) is 4.79 Å². The maximum absolute atomic E-state index is 12.8. The van der Waals surface area contributed by atoms with Crippen molar-refractivity contribution < 1.29 is 14.3 Å². The number of rotatable bonds is 3. The van der Waals surface area contributed by atoms with Crippen molar-refractivity contribution in [1.29, 1.82) is 0 Å². The van der Waals surface area contributed by atoms with Crippen LogP contribution in [0.25, 0.3) is 5.52 Å². The summed E-state index contributed by atoms with van der Waals surface area (Å²) >= 11 is 0. The number of carbonyl (C=O) groups excluding carboxylic acids is 2. The van der Waals surface area contributed by atoms with Crippen LogP contribution >= 0.6 is 0 Å². The summed E-state index contributed by atoms with van der Waals surface area (Å²) in [6.45, 7) is 10.8. The van der Waals surface area contributed by atoms with Crippen molar-refractivity contribution in [3.8, 4) is 0 Å². The van der Waals surface area contributed by atoms with Crippen molar-refractivity contribution in [2.45, 2.75) is 46.3 Å². The number of aryl methyl sites for hydroxylation is 1. The average molecular weight is 384 g/mol. The minimum Gasteiger partial charge on any atom is -0.444 e. The van der Waals surface area contributed by atoms with Crippen LogP contribution in [0.15, 0.2) is 24.5 Å². The number of fused-ring (bicyclic) bond motifs is 2. The SMILES string of the molecule is Cc1cccn2c([C@H](C)NC(=O)C3C4CN(C(=O)OC(C)(C)C)CC43)ncc12. The zero-order valence-corrected chi connectivity index (χ0v) is 17.1. The molecule has 3 heterocycles. The first kappa shape index (κ1) is 18.8. The number of imidazole rings is 1. The number of ether oxygens (including phenoxy) is 1. The molecule has 2 aromatic rings. The molecular weight excluding hydrogens is 356 g/mol. The van der Waals surface area contributed by atoms with Crippen molar-refractivity contribution in [1.82, 2.24) is 19.6 Å². The second-order valence-electron chi connectivity index (χ2n) is 9.03. The van der Waals surface area contributed by atoms with Crippen LogP contribution in [0.3, 0.4) is 0 Å². The van der Waals surface area contributed by atoms with Crippen molar-refractivity contribution in [3.63, 3.8) is 0 Å². The van der Waals surface area contributed by atoms with Gasteiger partial charge in [0.2, 0.25) is 5.91 Å². The summed E-state index contributed by atoms with van der Waals surface area (Å²) in [6.07, 6.45) is 3.53. The quantitative estimate of drug-likeness (QED) is 0.883. The van der Waals surface area contributed by atoms with Crippen molar-refractivity contribution >= 4 is 17.5 Å². The highest BCUT2D eigenvalue weighted by Gasteiger charge is 2.60. The normalized spacial score (nSPS) is 24.8. The number of amides is 2. The maximum Gasteiger partial charge on any atom is 0.410 e. The molecule has 2 unspecified atom stereocenters. The predicted octanol–water partition coefficient (Wildman–Crippen LogP) is 2.93. The lowest BCUT2D eigenvalue weighted by Crippen LogP contribution is -2.39. The number of aromatic nitrogens is 2. The Morgan fingerprint density at radius 3 is 2.61 bits per heavy atom. The Morgan fingerprint density at radius 1 is 1.29 bits per heavy atom. The van der Waals surface area contributed by atoms with Crippen LogP contribution in [0.5, 0.6) is 0 Å². The molecule has 2 aliphatic rings. The highest BCUT2D eigenvalue weighted by Crippen LogP contribution is 2.52. The molecule has 0 aromatic carbocycles. The highest BCUT2D eigenvalue weighted by molar-refractivity contribution is 5.83. The zero-order chi connectivity index (χ0) is 20.2. The number of hydrogen-bond acceptors (Lipinski definition) is 4. The fourth-order valence-electron chi connectivity index (χ4n) is 4.27. The molecule has 1 saturated carbocycles. The molecule has 1 saturated heterocycles. The number of nitrogens with one attached hydrogen (secondary N) is 1. The smallest absolute Gasteiger partial charge is 0.410 e. The minimum atomic E-state index is -0.499. The molecule has 150 valence electrons. The lowest BCUT2D eigenvalue weighted by atomic mass is 10.2. The van der Waals surface area contributed by atoms with Crippen LogP contribution in [0.2, 0.25) is 0 Å². The lowest BCUT2D eigenvalue weighted by molar-refractivity contribution is -0.124. The van der Waals surface area contributed by atoms with Gasteiger partial charge in [-0.2, -0.15) is 0 Å². The van der Waals surface area contributed by atoms with Crippen molar-refractivity contribution in [2.24, 2.45) is 17.8 Å². The summed E-state index contributed by atoms with van der Waals surface area (Å²) in [5.41, 5.74) is 1.70. The van der Waals surface area contributed by atoms with Gasteiger partial charge in [0.05, 0.1) is 17.8 Å². The van der Waals surface area contributed by atoms with Gasteiger partial charge in [0.1, 0.15) is 11.4 Å². The fourth-order valence-corrected chi connectivity index (χ4v) is 4.27. The van der Waals surface area contributed by atoms with E-state index >= 15 is 0 Å². The van der Waals surface area contributed by atoms with Gasteiger partial charge in [-0.1, -0.05) is 6.07 Å². The second-order valence-corrected chi connectivity index (χ2v) is 9.03. The van der Waals surface area contributed by atoms with Gasteiger partial charge in [0, 0.05) is 25.2 Å². The maximum atomic E-state index is 12.8. The fraction of sp³-hybridized carbons (Fsp3) is 0.571. The highest BCUT2D eigenvalue weighted by atomic mass is 16.6. The molecule has 7 heteroatoms. The molecule has 1 aliphatic carbocycles. The number of pyridine rings is 1. The van der Waals surface area contributed by atoms with E-state index in [9.17, 15) is 9.59 Å². The van der Waals surface area contributed by atoms with E-state index in [1.54, 1.807) is 4.90 Å². The topological polar surface area (TPSA) is 75.9 Å². The van der Waals surface area contributed by atoms with Gasteiger partial charge < -0.3 is 19.4 Å². The van der Waals surface area contributed by atoms with Crippen LogP contribution in [0.1, 0.15) is 45.1 Å². The average Bonchev–Trinajstić information content (AvgIpc) is 2.96. The Bertz CT molecular complexity index is 917. The third-order valence-corrected chi connectivity index (χ3v) is 5.71. The molecule has 1 N–H and O–H groups in total.